The molecule has 4 nitrogen and oxygen atoms in total. The fraction of sp³-hybridized carbons (Fsp3) is 0.600. The largest absolute Gasteiger partial charge is 0.491 e. The van der Waals surface area contributed by atoms with E-state index in [-0.39, 0.29) is 6.10 Å². The number of aliphatic hydroxyl groups is 1. The standard InChI is InChI=1S/C15H22O4/c1-3-18-12-10-15(16,11-12)13-6-4-5-7-14(13)19-9-8-17-2/h4-7,12,16H,3,8-11H2,1-2H3. The summed E-state index contributed by atoms with van der Waals surface area (Å²) >= 11 is 0. The number of hydrogen-bond donors (Lipinski definition) is 1. The van der Waals surface area contributed by atoms with Crippen molar-refractivity contribution in [3.05, 3.63) is 29.8 Å². The molecule has 106 valence electrons. The highest BCUT2D eigenvalue weighted by Crippen LogP contribution is 2.46. The van der Waals surface area contributed by atoms with E-state index in [2.05, 4.69) is 0 Å². The summed E-state index contributed by atoms with van der Waals surface area (Å²) in [6.07, 6.45) is 1.42. The molecule has 0 bridgehead atoms. The Morgan fingerprint density at radius 1 is 1.26 bits per heavy atom. The predicted molar refractivity (Wildman–Crippen MR) is 72.4 cm³/mol. The minimum atomic E-state index is -0.816. The topological polar surface area (TPSA) is 47.9 Å². The fourth-order valence-electron chi connectivity index (χ4n) is 2.48. The van der Waals surface area contributed by atoms with Gasteiger partial charge in [0.15, 0.2) is 0 Å². The van der Waals surface area contributed by atoms with E-state index >= 15 is 0 Å². The Hall–Kier alpha value is -1.10. The summed E-state index contributed by atoms with van der Waals surface area (Å²) in [5.74, 6) is 0.733. The molecule has 0 atom stereocenters. The zero-order valence-corrected chi connectivity index (χ0v) is 11.6. The first kappa shape index (κ1) is 14.3. The molecule has 1 fully saturated rings. The van der Waals surface area contributed by atoms with Crippen molar-refractivity contribution in [1.29, 1.82) is 0 Å². The van der Waals surface area contributed by atoms with E-state index in [1.54, 1.807) is 7.11 Å². The molecule has 1 N–H and O–H groups in total. The van der Waals surface area contributed by atoms with Gasteiger partial charge in [-0.25, -0.2) is 0 Å². The fourth-order valence-corrected chi connectivity index (χ4v) is 2.48. The number of rotatable bonds is 7. The van der Waals surface area contributed by atoms with Gasteiger partial charge >= 0.3 is 0 Å². The molecule has 0 amide bonds. The second-order valence-electron chi connectivity index (χ2n) is 4.85. The predicted octanol–water partition coefficient (Wildman–Crippen LogP) is 2.10. The summed E-state index contributed by atoms with van der Waals surface area (Å²) in [5, 5.41) is 10.6. The van der Waals surface area contributed by atoms with Gasteiger partial charge in [-0.3, -0.25) is 0 Å². The van der Waals surface area contributed by atoms with Gasteiger partial charge in [-0.15, -0.1) is 0 Å². The van der Waals surface area contributed by atoms with Crippen molar-refractivity contribution in [1.82, 2.24) is 0 Å². The van der Waals surface area contributed by atoms with Crippen LogP contribution in [0.1, 0.15) is 25.3 Å². The van der Waals surface area contributed by atoms with Crippen LogP contribution in [0.15, 0.2) is 24.3 Å². The van der Waals surface area contributed by atoms with E-state index < -0.39 is 5.60 Å². The number of hydrogen-bond acceptors (Lipinski definition) is 4. The first-order valence-electron chi connectivity index (χ1n) is 6.75. The summed E-state index contributed by atoms with van der Waals surface area (Å²) in [6.45, 7) is 3.68. The molecule has 0 aliphatic heterocycles. The minimum absolute atomic E-state index is 0.155. The molecule has 1 aliphatic rings. The molecule has 1 aromatic carbocycles. The number of para-hydroxylation sites is 1. The van der Waals surface area contributed by atoms with Crippen LogP contribution in [0.3, 0.4) is 0 Å². The molecular formula is C15H22O4. The monoisotopic (exact) mass is 266 g/mol. The zero-order valence-electron chi connectivity index (χ0n) is 11.6. The van der Waals surface area contributed by atoms with Crippen LogP contribution in [-0.4, -0.2) is 38.1 Å². The van der Waals surface area contributed by atoms with Crippen LogP contribution in [0.4, 0.5) is 0 Å². The van der Waals surface area contributed by atoms with E-state index in [0.717, 1.165) is 11.3 Å². The Bertz CT molecular complexity index is 399. The molecule has 0 radical (unpaired) electrons. The third-order valence-corrected chi connectivity index (χ3v) is 3.47. The summed E-state index contributed by atoms with van der Waals surface area (Å²) < 4.78 is 16.2. The quantitative estimate of drug-likeness (QED) is 0.768. The molecule has 4 heteroatoms. The smallest absolute Gasteiger partial charge is 0.125 e. The van der Waals surface area contributed by atoms with Gasteiger partial charge in [-0.1, -0.05) is 18.2 Å². The molecule has 1 aliphatic carbocycles. The van der Waals surface area contributed by atoms with Crippen molar-refractivity contribution in [2.24, 2.45) is 0 Å². The highest BCUT2D eigenvalue weighted by Gasteiger charge is 2.46. The van der Waals surface area contributed by atoms with E-state index in [1.807, 2.05) is 31.2 Å². The van der Waals surface area contributed by atoms with Crippen LogP contribution >= 0.6 is 0 Å². The van der Waals surface area contributed by atoms with Gasteiger partial charge < -0.3 is 19.3 Å². The van der Waals surface area contributed by atoms with Gasteiger partial charge in [0.25, 0.3) is 0 Å². The van der Waals surface area contributed by atoms with Crippen molar-refractivity contribution in [2.45, 2.75) is 31.5 Å². The first-order valence-corrected chi connectivity index (χ1v) is 6.75. The molecule has 1 saturated carbocycles. The van der Waals surface area contributed by atoms with Gasteiger partial charge in [0.05, 0.1) is 18.3 Å². The van der Waals surface area contributed by atoms with Gasteiger partial charge in [0.1, 0.15) is 12.4 Å². The number of ether oxygens (including phenoxy) is 3. The number of methoxy groups -OCH3 is 1. The van der Waals surface area contributed by atoms with Crippen LogP contribution < -0.4 is 4.74 Å². The van der Waals surface area contributed by atoms with E-state index in [1.165, 1.54) is 0 Å². The Morgan fingerprint density at radius 2 is 2.00 bits per heavy atom. The Morgan fingerprint density at radius 3 is 2.68 bits per heavy atom. The molecule has 19 heavy (non-hydrogen) atoms. The van der Waals surface area contributed by atoms with Crippen LogP contribution in [0.2, 0.25) is 0 Å². The summed E-state index contributed by atoms with van der Waals surface area (Å²) in [5.41, 5.74) is 0.0332. The first-order chi connectivity index (χ1) is 9.19. The van der Waals surface area contributed by atoms with Crippen LogP contribution in [0.25, 0.3) is 0 Å². The van der Waals surface area contributed by atoms with Crippen LogP contribution in [0.5, 0.6) is 5.75 Å². The maximum atomic E-state index is 10.6. The lowest BCUT2D eigenvalue weighted by atomic mass is 9.72. The Kier molecular flexibility index (Phi) is 4.80. The molecule has 0 spiro atoms. The second kappa shape index (κ2) is 6.37. The maximum Gasteiger partial charge on any atom is 0.125 e. The van der Waals surface area contributed by atoms with Crippen molar-refractivity contribution >= 4 is 0 Å². The lowest BCUT2D eigenvalue weighted by molar-refractivity contribution is -0.143. The van der Waals surface area contributed by atoms with Crippen LogP contribution in [0, 0.1) is 0 Å². The molecule has 0 saturated heterocycles. The van der Waals surface area contributed by atoms with Crippen molar-refractivity contribution < 1.29 is 19.3 Å². The molecule has 0 heterocycles. The normalized spacial score (nSPS) is 25.9. The Balaban J connectivity index is 2.03. The molecule has 2 rings (SSSR count). The average Bonchev–Trinajstić information content (AvgIpc) is 2.38. The van der Waals surface area contributed by atoms with Crippen molar-refractivity contribution in [3.63, 3.8) is 0 Å². The van der Waals surface area contributed by atoms with Gasteiger partial charge in [0.2, 0.25) is 0 Å². The molecular weight excluding hydrogens is 244 g/mol. The summed E-state index contributed by atoms with van der Waals surface area (Å²) in [4.78, 5) is 0. The maximum absolute atomic E-state index is 10.6. The summed E-state index contributed by atoms with van der Waals surface area (Å²) in [7, 11) is 1.64. The zero-order chi connectivity index (χ0) is 13.7. The van der Waals surface area contributed by atoms with Crippen LogP contribution in [-0.2, 0) is 15.1 Å². The molecule has 0 aromatic heterocycles. The highest BCUT2D eigenvalue weighted by molar-refractivity contribution is 5.39. The lowest BCUT2D eigenvalue weighted by Crippen LogP contribution is -2.46. The Labute approximate surface area is 114 Å². The van der Waals surface area contributed by atoms with E-state index in [9.17, 15) is 5.11 Å². The second-order valence-corrected chi connectivity index (χ2v) is 4.85. The lowest BCUT2D eigenvalue weighted by Gasteiger charge is -2.44. The SMILES string of the molecule is CCOC1CC(O)(c2ccccc2OCCOC)C1. The molecule has 1 aromatic rings. The van der Waals surface area contributed by atoms with Gasteiger partial charge in [-0.05, 0) is 13.0 Å². The van der Waals surface area contributed by atoms with Gasteiger partial charge in [-0.2, -0.15) is 0 Å². The summed E-state index contributed by atoms with van der Waals surface area (Å²) in [6, 6.07) is 7.64. The number of benzene rings is 1. The van der Waals surface area contributed by atoms with Crippen molar-refractivity contribution in [2.75, 3.05) is 26.9 Å². The van der Waals surface area contributed by atoms with E-state index in [0.29, 0.717) is 32.7 Å². The third-order valence-electron chi connectivity index (χ3n) is 3.47. The highest BCUT2D eigenvalue weighted by atomic mass is 16.5. The average molecular weight is 266 g/mol. The van der Waals surface area contributed by atoms with Gasteiger partial charge in [0, 0.05) is 32.1 Å². The third kappa shape index (κ3) is 3.26. The van der Waals surface area contributed by atoms with Crippen molar-refractivity contribution in [3.8, 4) is 5.75 Å². The van der Waals surface area contributed by atoms with E-state index in [4.69, 9.17) is 14.2 Å². The minimum Gasteiger partial charge on any atom is -0.491 e. The molecule has 0 unspecified atom stereocenters.